The van der Waals surface area contributed by atoms with E-state index in [0.717, 1.165) is 0 Å². The molecule has 0 heteroatoms. The first-order valence-corrected chi connectivity index (χ1v) is 4.82. The van der Waals surface area contributed by atoms with Gasteiger partial charge < -0.3 is 0 Å². The number of rotatable bonds is 0. The Morgan fingerprint density at radius 1 is 0.917 bits per heavy atom. The summed E-state index contributed by atoms with van der Waals surface area (Å²) in [5.41, 5.74) is 4.51. The molecule has 0 N–H and O–H groups in total. The van der Waals surface area contributed by atoms with Gasteiger partial charge in [-0.3, -0.25) is 0 Å². The van der Waals surface area contributed by atoms with E-state index in [2.05, 4.69) is 41.2 Å². The van der Waals surface area contributed by atoms with Crippen molar-refractivity contribution in [2.45, 2.75) is 34.6 Å². The third-order valence-corrected chi connectivity index (χ3v) is 3.85. The van der Waals surface area contributed by atoms with Gasteiger partial charge in [0.2, 0.25) is 0 Å². The molecule has 0 amide bonds. The smallest absolute Gasteiger partial charge is 0.00213 e. The van der Waals surface area contributed by atoms with Crippen LogP contribution in [-0.4, -0.2) is 0 Å². The molecule has 0 saturated heterocycles. The second-order valence-electron chi connectivity index (χ2n) is 4.24. The third-order valence-electron chi connectivity index (χ3n) is 3.85. The first-order chi connectivity index (χ1) is 5.46. The lowest BCUT2D eigenvalue weighted by atomic mass is 9.70. The molecule has 0 aliphatic heterocycles. The zero-order valence-electron chi connectivity index (χ0n) is 8.94. The minimum absolute atomic E-state index is 0.594. The zero-order valence-corrected chi connectivity index (χ0v) is 8.94. The predicted octanol–water partition coefficient (Wildman–Crippen LogP) is 3.80. The Labute approximate surface area is 76.4 Å². The largest absolute Gasteiger partial charge is 0.0990 e. The van der Waals surface area contributed by atoms with Gasteiger partial charge in [-0.15, -0.1) is 0 Å². The van der Waals surface area contributed by atoms with Crippen molar-refractivity contribution in [1.82, 2.24) is 0 Å². The molecule has 68 valence electrons. The van der Waals surface area contributed by atoms with E-state index in [9.17, 15) is 0 Å². The quantitative estimate of drug-likeness (QED) is 0.478. The first kappa shape index (κ1) is 9.57. The van der Waals surface area contributed by atoms with Gasteiger partial charge in [-0.25, -0.2) is 0 Å². The number of allylic oxidation sites excluding steroid dienone is 3. The van der Waals surface area contributed by atoms with Gasteiger partial charge in [0.1, 0.15) is 0 Å². The topological polar surface area (TPSA) is 0 Å². The Bertz CT molecular complexity index is 232. The van der Waals surface area contributed by atoms with Crippen LogP contribution in [0.4, 0.5) is 0 Å². The van der Waals surface area contributed by atoms with E-state index >= 15 is 0 Å². The fraction of sp³-hybridized carbons (Fsp3) is 0.667. The molecule has 0 bridgehead atoms. The maximum atomic E-state index is 4.18. The SMILES string of the molecule is C=C1C(C)C(C)=C(C)C(C)C1C. The molecule has 0 aromatic rings. The Hall–Kier alpha value is -0.520. The first-order valence-electron chi connectivity index (χ1n) is 4.82. The Kier molecular flexibility index (Phi) is 2.46. The molecule has 0 saturated carbocycles. The van der Waals surface area contributed by atoms with Crippen molar-refractivity contribution in [2.75, 3.05) is 0 Å². The van der Waals surface area contributed by atoms with E-state index in [1.54, 1.807) is 5.57 Å². The van der Waals surface area contributed by atoms with Crippen molar-refractivity contribution in [1.29, 1.82) is 0 Å². The third kappa shape index (κ3) is 1.24. The van der Waals surface area contributed by atoms with Crippen LogP contribution >= 0.6 is 0 Å². The lowest BCUT2D eigenvalue weighted by molar-refractivity contribution is 0.434. The molecule has 3 atom stereocenters. The van der Waals surface area contributed by atoms with Crippen LogP contribution in [0.15, 0.2) is 23.3 Å². The standard InChI is InChI=1S/C12H20/c1-7-8(2)10(4)12(6)11(5)9(7)3/h8-10H,1H2,2-6H3. The summed E-state index contributed by atoms with van der Waals surface area (Å²) in [5, 5.41) is 0. The van der Waals surface area contributed by atoms with Gasteiger partial charge in [-0.05, 0) is 31.6 Å². The molecule has 0 heterocycles. The summed E-state index contributed by atoms with van der Waals surface area (Å²) < 4.78 is 0. The summed E-state index contributed by atoms with van der Waals surface area (Å²) in [6, 6.07) is 0. The summed E-state index contributed by atoms with van der Waals surface area (Å²) in [7, 11) is 0. The monoisotopic (exact) mass is 164 g/mol. The van der Waals surface area contributed by atoms with Crippen molar-refractivity contribution in [3.05, 3.63) is 23.3 Å². The van der Waals surface area contributed by atoms with E-state index in [0.29, 0.717) is 17.8 Å². The average Bonchev–Trinajstić information content (AvgIpc) is 2.08. The van der Waals surface area contributed by atoms with Gasteiger partial charge in [0, 0.05) is 0 Å². The maximum absolute atomic E-state index is 4.18. The Balaban J connectivity index is 3.08. The molecule has 0 fully saturated rings. The van der Waals surface area contributed by atoms with Gasteiger partial charge >= 0.3 is 0 Å². The fourth-order valence-electron chi connectivity index (χ4n) is 2.07. The zero-order chi connectivity index (χ0) is 9.46. The second-order valence-corrected chi connectivity index (χ2v) is 4.24. The number of hydrogen-bond acceptors (Lipinski definition) is 0. The predicted molar refractivity (Wildman–Crippen MR) is 55.0 cm³/mol. The lowest BCUT2D eigenvalue weighted by Gasteiger charge is -2.35. The van der Waals surface area contributed by atoms with Crippen LogP contribution in [0.5, 0.6) is 0 Å². The molecule has 0 spiro atoms. The van der Waals surface area contributed by atoms with Gasteiger partial charge in [-0.1, -0.05) is 44.1 Å². The van der Waals surface area contributed by atoms with Crippen LogP contribution in [0.3, 0.4) is 0 Å². The second kappa shape index (κ2) is 3.08. The highest BCUT2D eigenvalue weighted by Crippen LogP contribution is 2.40. The Morgan fingerprint density at radius 2 is 1.42 bits per heavy atom. The molecule has 1 aliphatic rings. The minimum Gasteiger partial charge on any atom is -0.0990 e. The van der Waals surface area contributed by atoms with E-state index < -0.39 is 0 Å². The molecular formula is C12H20. The normalized spacial score (nSPS) is 37.4. The van der Waals surface area contributed by atoms with E-state index in [-0.39, 0.29) is 0 Å². The van der Waals surface area contributed by atoms with Crippen molar-refractivity contribution in [3.63, 3.8) is 0 Å². The van der Waals surface area contributed by atoms with Crippen LogP contribution < -0.4 is 0 Å². The molecule has 3 unspecified atom stereocenters. The highest BCUT2D eigenvalue weighted by molar-refractivity contribution is 5.30. The summed E-state index contributed by atoms with van der Waals surface area (Å²) >= 11 is 0. The van der Waals surface area contributed by atoms with Crippen molar-refractivity contribution in [2.24, 2.45) is 17.8 Å². The highest BCUT2D eigenvalue weighted by atomic mass is 14.3. The van der Waals surface area contributed by atoms with Crippen molar-refractivity contribution < 1.29 is 0 Å². The van der Waals surface area contributed by atoms with Gasteiger partial charge in [0.15, 0.2) is 0 Å². The molecule has 0 aromatic carbocycles. The van der Waals surface area contributed by atoms with Crippen molar-refractivity contribution >= 4 is 0 Å². The van der Waals surface area contributed by atoms with E-state index in [1.807, 2.05) is 0 Å². The van der Waals surface area contributed by atoms with Crippen LogP contribution in [0.25, 0.3) is 0 Å². The lowest BCUT2D eigenvalue weighted by Crippen LogP contribution is -2.23. The Morgan fingerprint density at radius 3 is 1.92 bits per heavy atom. The van der Waals surface area contributed by atoms with E-state index in [1.165, 1.54) is 11.1 Å². The molecular weight excluding hydrogens is 144 g/mol. The summed E-state index contributed by atoms with van der Waals surface area (Å²) in [6.45, 7) is 15.5. The fourth-order valence-corrected chi connectivity index (χ4v) is 2.07. The average molecular weight is 164 g/mol. The molecule has 1 rings (SSSR count). The highest BCUT2D eigenvalue weighted by Gasteiger charge is 2.28. The summed E-state index contributed by atoms with van der Waals surface area (Å²) in [4.78, 5) is 0. The van der Waals surface area contributed by atoms with Crippen LogP contribution in [0, 0.1) is 17.8 Å². The molecule has 0 aromatic heterocycles. The van der Waals surface area contributed by atoms with Crippen LogP contribution in [0.1, 0.15) is 34.6 Å². The van der Waals surface area contributed by atoms with Crippen molar-refractivity contribution in [3.8, 4) is 0 Å². The molecule has 12 heavy (non-hydrogen) atoms. The molecule has 1 aliphatic carbocycles. The number of hydrogen-bond donors (Lipinski definition) is 0. The van der Waals surface area contributed by atoms with Crippen LogP contribution in [0.2, 0.25) is 0 Å². The molecule has 0 radical (unpaired) electrons. The van der Waals surface area contributed by atoms with Gasteiger partial charge in [0.05, 0.1) is 0 Å². The van der Waals surface area contributed by atoms with Crippen LogP contribution in [-0.2, 0) is 0 Å². The van der Waals surface area contributed by atoms with Gasteiger partial charge in [-0.2, -0.15) is 0 Å². The minimum atomic E-state index is 0.594. The van der Waals surface area contributed by atoms with Gasteiger partial charge in [0.25, 0.3) is 0 Å². The maximum Gasteiger partial charge on any atom is -0.00213 e. The summed E-state index contributed by atoms with van der Waals surface area (Å²) in [5.74, 6) is 1.94. The van der Waals surface area contributed by atoms with E-state index in [4.69, 9.17) is 0 Å². The summed E-state index contributed by atoms with van der Waals surface area (Å²) in [6.07, 6.45) is 0. The molecule has 0 nitrogen and oxygen atoms in total.